The van der Waals surface area contributed by atoms with Crippen molar-refractivity contribution in [2.24, 2.45) is 12.8 Å². The minimum Gasteiger partial charge on any atom is -0.337 e. The van der Waals surface area contributed by atoms with Gasteiger partial charge in [-0.05, 0) is 24.9 Å². The van der Waals surface area contributed by atoms with Crippen molar-refractivity contribution in [1.29, 1.82) is 0 Å². The lowest BCUT2D eigenvalue weighted by molar-refractivity contribution is 0.204. The molecule has 0 aromatic carbocycles. The molecule has 2 amide bonds. The number of amides is 2. The Labute approximate surface area is 137 Å². The highest BCUT2D eigenvalue weighted by Gasteiger charge is 2.34. The van der Waals surface area contributed by atoms with E-state index >= 15 is 0 Å². The van der Waals surface area contributed by atoms with E-state index in [0.29, 0.717) is 19.6 Å². The summed E-state index contributed by atoms with van der Waals surface area (Å²) in [6.45, 7) is 6.13. The van der Waals surface area contributed by atoms with Gasteiger partial charge >= 0.3 is 6.03 Å². The number of nitrogens with zero attached hydrogens (tertiary/aromatic N) is 4. The van der Waals surface area contributed by atoms with E-state index in [-0.39, 0.29) is 18.0 Å². The van der Waals surface area contributed by atoms with Crippen molar-refractivity contribution in [3.63, 3.8) is 0 Å². The smallest absolute Gasteiger partial charge is 0.317 e. The second kappa shape index (κ2) is 6.88. The second-order valence-corrected chi connectivity index (χ2v) is 6.71. The fourth-order valence-electron chi connectivity index (χ4n) is 3.44. The van der Waals surface area contributed by atoms with Crippen LogP contribution in [0.3, 0.4) is 0 Å². The number of carbonyl (C=O) groups is 1. The van der Waals surface area contributed by atoms with Gasteiger partial charge in [0.25, 0.3) is 0 Å². The van der Waals surface area contributed by atoms with Crippen LogP contribution in [0.2, 0.25) is 0 Å². The first-order valence-corrected chi connectivity index (χ1v) is 8.59. The van der Waals surface area contributed by atoms with Crippen molar-refractivity contribution >= 4 is 6.03 Å². The van der Waals surface area contributed by atoms with E-state index in [1.54, 1.807) is 4.68 Å². The maximum absolute atomic E-state index is 12.3. The molecular formula is C16H28N6O. The third kappa shape index (κ3) is 3.84. The SMILES string of the molecule is CCN(CCNC(=O)N1C[C@@H](N)[C@H](c2cnn(C)c2)C1)C1CC1. The first-order valence-electron chi connectivity index (χ1n) is 8.59. The summed E-state index contributed by atoms with van der Waals surface area (Å²) in [5.74, 6) is 0.174. The van der Waals surface area contributed by atoms with E-state index in [0.717, 1.165) is 24.7 Å². The molecule has 1 saturated carbocycles. The molecule has 3 rings (SSSR count). The van der Waals surface area contributed by atoms with Gasteiger partial charge in [0.05, 0.1) is 6.20 Å². The third-order valence-corrected chi connectivity index (χ3v) is 4.95. The number of likely N-dealkylation sites (N-methyl/N-ethyl adjacent to an activating group) is 1. The second-order valence-electron chi connectivity index (χ2n) is 6.71. The summed E-state index contributed by atoms with van der Waals surface area (Å²) in [5.41, 5.74) is 7.34. The molecule has 0 bridgehead atoms. The van der Waals surface area contributed by atoms with E-state index in [1.807, 2.05) is 24.3 Å². The summed E-state index contributed by atoms with van der Waals surface area (Å²) >= 11 is 0. The van der Waals surface area contributed by atoms with Crippen LogP contribution in [-0.4, -0.2) is 70.4 Å². The molecule has 0 radical (unpaired) electrons. The summed E-state index contributed by atoms with van der Waals surface area (Å²) in [6.07, 6.45) is 6.44. The van der Waals surface area contributed by atoms with E-state index in [4.69, 9.17) is 5.73 Å². The number of carbonyl (C=O) groups excluding carboxylic acids is 1. The summed E-state index contributed by atoms with van der Waals surface area (Å²) in [6, 6.07) is 0.717. The lowest BCUT2D eigenvalue weighted by Crippen LogP contribution is -2.43. The van der Waals surface area contributed by atoms with Crippen LogP contribution in [0.4, 0.5) is 4.79 Å². The minimum atomic E-state index is -0.0245. The number of likely N-dealkylation sites (tertiary alicyclic amines) is 1. The predicted molar refractivity (Wildman–Crippen MR) is 89.2 cm³/mol. The van der Waals surface area contributed by atoms with Gasteiger partial charge in [-0.15, -0.1) is 0 Å². The molecule has 7 heteroatoms. The highest BCUT2D eigenvalue weighted by atomic mass is 16.2. The van der Waals surface area contributed by atoms with Crippen molar-refractivity contribution in [3.05, 3.63) is 18.0 Å². The van der Waals surface area contributed by atoms with Gasteiger partial charge in [-0.25, -0.2) is 4.79 Å². The Morgan fingerprint density at radius 2 is 2.26 bits per heavy atom. The molecule has 23 heavy (non-hydrogen) atoms. The number of nitrogens with two attached hydrogens (primary N) is 1. The molecule has 1 aliphatic heterocycles. The van der Waals surface area contributed by atoms with E-state index in [1.165, 1.54) is 12.8 Å². The normalized spacial score (nSPS) is 24.4. The summed E-state index contributed by atoms with van der Waals surface area (Å²) in [4.78, 5) is 16.6. The summed E-state index contributed by atoms with van der Waals surface area (Å²) in [5, 5.41) is 7.24. The lowest BCUT2D eigenvalue weighted by atomic mass is 9.98. The van der Waals surface area contributed by atoms with E-state index < -0.39 is 0 Å². The van der Waals surface area contributed by atoms with Gasteiger partial charge in [-0.1, -0.05) is 6.92 Å². The molecule has 0 unspecified atom stereocenters. The van der Waals surface area contributed by atoms with Gasteiger partial charge in [0.2, 0.25) is 0 Å². The Morgan fingerprint density at radius 1 is 1.48 bits per heavy atom. The van der Waals surface area contributed by atoms with Gasteiger partial charge < -0.3 is 16.0 Å². The van der Waals surface area contributed by atoms with Crippen molar-refractivity contribution in [2.45, 2.75) is 37.8 Å². The van der Waals surface area contributed by atoms with Gasteiger partial charge in [-0.2, -0.15) is 5.10 Å². The highest BCUT2D eigenvalue weighted by molar-refractivity contribution is 5.74. The molecule has 1 saturated heterocycles. The van der Waals surface area contributed by atoms with Crippen LogP contribution in [-0.2, 0) is 7.05 Å². The Kier molecular flexibility index (Phi) is 4.87. The Hall–Kier alpha value is -1.60. The number of rotatable bonds is 6. The fourth-order valence-corrected chi connectivity index (χ4v) is 3.44. The van der Waals surface area contributed by atoms with Gasteiger partial charge in [0.1, 0.15) is 0 Å². The average Bonchev–Trinajstić information content (AvgIpc) is 3.16. The van der Waals surface area contributed by atoms with Crippen LogP contribution in [0.25, 0.3) is 0 Å². The largest absolute Gasteiger partial charge is 0.337 e. The molecule has 2 heterocycles. The van der Waals surface area contributed by atoms with Crippen molar-refractivity contribution in [3.8, 4) is 0 Å². The zero-order valence-corrected chi connectivity index (χ0v) is 14.1. The number of aromatic nitrogens is 2. The molecule has 2 fully saturated rings. The topological polar surface area (TPSA) is 79.4 Å². The lowest BCUT2D eigenvalue weighted by Gasteiger charge is -2.22. The molecule has 2 aliphatic rings. The standard InChI is InChI=1S/C16H28N6O/c1-3-21(13-4-5-13)7-6-18-16(23)22-10-14(15(17)11-22)12-8-19-20(2)9-12/h8-9,13-15H,3-7,10-11,17H2,1-2H3,(H,18,23)/t14-,15+/m0/s1. The zero-order valence-electron chi connectivity index (χ0n) is 14.1. The molecule has 0 spiro atoms. The Bertz CT molecular complexity index is 540. The summed E-state index contributed by atoms with van der Waals surface area (Å²) in [7, 11) is 1.90. The minimum absolute atomic E-state index is 0.00121. The van der Waals surface area contributed by atoms with Crippen molar-refractivity contribution in [2.75, 3.05) is 32.7 Å². The van der Waals surface area contributed by atoms with E-state index in [2.05, 4.69) is 22.2 Å². The highest BCUT2D eigenvalue weighted by Crippen LogP contribution is 2.27. The van der Waals surface area contributed by atoms with E-state index in [9.17, 15) is 4.79 Å². The average molecular weight is 320 g/mol. The van der Waals surface area contributed by atoms with Gasteiger partial charge in [-0.3, -0.25) is 9.58 Å². The Morgan fingerprint density at radius 3 is 2.87 bits per heavy atom. The molecule has 7 nitrogen and oxygen atoms in total. The molecule has 128 valence electrons. The van der Waals surface area contributed by atoms with Crippen LogP contribution in [0.5, 0.6) is 0 Å². The van der Waals surface area contributed by atoms with Gasteiger partial charge in [0, 0.05) is 57.4 Å². The number of hydrogen-bond donors (Lipinski definition) is 2. The molecule has 1 aromatic heterocycles. The first-order chi connectivity index (χ1) is 11.1. The first kappa shape index (κ1) is 16.3. The molecule has 1 aliphatic carbocycles. The molecule has 1 aromatic rings. The van der Waals surface area contributed by atoms with Crippen molar-refractivity contribution < 1.29 is 4.79 Å². The molecule has 3 N–H and O–H groups in total. The molecule has 2 atom stereocenters. The van der Waals surface area contributed by atoms with Crippen LogP contribution >= 0.6 is 0 Å². The number of hydrogen-bond acceptors (Lipinski definition) is 4. The number of nitrogens with one attached hydrogen (secondary N) is 1. The summed E-state index contributed by atoms with van der Waals surface area (Å²) < 4.78 is 1.78. The van der Waals surface area contributed by atoms with Crippen LogP contribution in [0, 0.1) is 0 Å². The quantitative estimate of drug-likeness (QED) is 0.792. The van der Waals surface area contributed by atoms with Crippen LogP contribution < -0.4 is 11.1 Å². The maximum atomic E-state index is 12.3. The third-order valence-electron chi connectivity index (χ3n) is 4.95. The number of aryl methyl sites for hydroxylation is 1. The molecular weight excluding hydrogens is 292 g/mol. The van der Waals surface area contributed by atoms with Crippen LogP contribution in [0.15, 0.2) is 12.4 Å². The number of urea groups is 1. The fraction of sp³-hybridized carbons (Fsp3) is 0.750. The Balaban J connectivity index is 1.46. The van der Waals surface area contributed by atoms with Crippen LogP contribution in [0.1, 0.15) is 31.2 Å². The maximum Gasteiger partial charge on any atom is 0.317 e. The predicted octanol–water partition coefficient (Wildman–Crippen LogP) is 0.341. The zero-order chi connectivity index (χ0) is 16.4. The van der Waals surface area contributed by atoms with Gasteiger partial charge in [0.15, 0.2) is 0 Å². The van der Waals surface area contributed by atoms with Crippen molar-refractivity contribution in [1.82, 2.24) is 24.9 Å². The monoisotopic (exact) mass is 320 g/mol.